The summed E-state index contributed by atoms with van der Waals surface area (Å²) in [6, 6.07) is 13.5. The molecule has 1 aliphatic heterocycles. The minimum atomic E-state index is -1.30. The van der Waals surface area contributed by atoms with E-state index in [0.29, 0.717) is 5.75 Å². The van der Waals surface area contributed by atoms with E-state index >= 15 is 0 Å². The van der Waals surface area contributed by atoms with Crippen molar-refractivity contribution < 1.29 is 28.2 Å². The minimum absolute atomic E-state index is 0.0170. The maximum Gasteiger partial charge on any atom is 0.300 e. The van der Waals surface area contributed by atoms with Gasteiger partial charge in [0.25, 0.3) is 11.7 Å². The van der Waals surface area contributed by atoms with Gasteiger partial charge in [-0.05, 0) is 48.5 Å². The van der Waals surface area contributed by atoms with Crippen LogP contribution in [0.3, 0.4) is 0 Å². The molecule has 0 aliphatic carbocycles. The molecule has 1 atom stereocenters. The summed E-state index contributed by atoms with van der Waals surface area (Å²) >= 11 is 6.23. The predicted molar refractivity (Wildman–Crippen MR) is 116 cm³/mol. The highest BCUT2D eigenvalue weighted by Crippen LogP contribution is 2.44. The number of Topliss-reactive ketones (excluding diaryl/α,β-unsaturated/α-hetero) is 1. The van der Waals surface area contributed by atoms with Crippen LogP contribution in [0, 0.1) is 11.6 Å². The van der Waals surface area contributed by atoms with Crippen LogP contribution >= 0.6 is 11.6 Å². The van der Waals surface area contributed by atoms with Gasteiger partial charge >= 0.3 is 0 Å². The molecule has 0 aromatic heterocycles. The van der Waals surface area contributed by atoms with Gasteiger partial charge in [0.2, 0.25) is 0 Å². The Hall–Kier alpha value is -3.71. The zero-order chi connectivity index (χ0) is 23.0. The first-order valence-electron chi connectivity index (χ1n) is 9.48. The van der Waals surface area contributed by atoms with Gasteiger partial charge in [0, 0.05) is 16.8 Å². The van der Waals surface area contributed by atoms with Crippen molar-refractivity contribution in [2.24, 2.45) is 0 Å². The Labute approximate surface area is 187 Å². The molecule has 0 spiro atoms. The van der Waals surface area contributed by atoms with E-state index in [1.165, 1.54) is 49.6 Å². The molecule has 8 heteroatoms. The van der Waals surface area contributed by atoms with E-state index in [9.17, 15) is 23.5 Å². The zero-order valence-corrected chi connectivity index (χ0v) is 17.4. The van der Waals surface area contributed by atoms with Gasteiger partial charge in [-0.2, -0.15) is 0 Å². The lowest BCUT2D eigenvalue weighted by molar-refractivity contribution is -0.132. The molecule has 1 unspecified atom stereocenters. The van der Waals surface area contributed by atoms with Crippen LogP contribution in [0.5, 0.6) is 5.75 Å². The SMILES string of the molecule is COc1ccc(Cl)c(/C(O)=C2\C(=O)C(=O)N(c3ccc(F)cc3)C2c2ccccc2F)c1. The third kappa shape index (κ3) is 3.61. The van der Waals surface area contributed by atoms with Crippen molar-refractivity contribution in [1.29, 1.82) is 0 Å². The topological polar surface area (TPSA) is 66.8 Å². The van der Waals surface area contributed by atoms with Crippen LogP contribution in [-0.2, 0) is 9.59 Å². The van der Waals surface area contributed by atoms with Crippen molar-refractivity contribution in [3.05, 3.63) is 100 Å². The summed E-state index contributed by atoms with van der Waals surface area (Å²) in [7, 11) is 1.42. The van der Waals surface area contributed by atoms with Gasteiger partial charge in [0.15, 0.2) is 0 Å². The first-order chi connectivity index (χ1) is 15.3. The first-order valence-corrected chi connectivity index (χ1v) is 9.86. The number of carbonyl (C=O) groups excluding carboxylic acids is 2. The standard InChI is InChI=1S/C24H16ClF2NO4/c1-32-15-10-11-18(25)17(12-15)22(29)20-21(16-4-2-3-5-19(16)27)28(24(31)23(20)30)14-8-6-13(26)7-9-14/h2-12,21,29H,1H3/b22-20+. The lowest BCUT2D eigenvalue weighted by Gasteiger charge is -2.25. The Bertz CT molecular complexity index is 1260. The number of anilines is 1. The largest absolute Gasteiger partial charge is 0.507 e. The normalized spacial score (nSPS) is 17.6. The molecule has 32 heavy (non-hydrogen) atoms. The molecule has 1 fully saturated rings. The van der Waals surface area contributed by atoms with Crippen LogP contribution in [0.1, 0.15) is 17.2 Å². The summed E-state index contributed by atoms with van der Waals surface area (Å²) < 4.78 is 33.4. The van der Waals surface area contributed by atoms with Gasteiger partial charge in [0.05, 0.1) is 23.7 Å². The van der Waals surface area contributed by atoms with Crippen molar-refractivity contribution in [3.63, 3.8) is 0 Å². The summed E-state index contributed by atoms with van der Waals surface area (Å²) in [5.74, 6) is -3.48. The van der Waals surface area contributed by atoms with Crippen molar-refractivity contribution in [1.82, 2.24) is 0 Å². The molecule has 162 valence electrons. The molecular weight excluding hydrogens is 440 g/mol. The van der Waals surface area contributed by atoms with Gasteiger partial charge < -0.3 is 9.84 Å². The van der Waals surface area contributed by atoms with E-state index < -0.39 is 35.1 Å². The molecular formula is C24H16ClF2NO4. The molecule has 0 radical (unpaired) electrons. The average molecular weight is 456 g/mol. The Morgan fingerprint density at radius 2 is 1.72 bits per heavy atom. The Balaban J connectivity index is 1.99. The number of benzene rings is 3. The highest BCUT2D eigenvalue weighted by molar-refractivity contribution is 6.52. The van der Waals surface area contributed by atoms with Crippen LogP contribution < -0.4 is 9.64 Å². The third-order valence-corrected chi connectivity index (χ3v) is 5.51. The number of aliphatic hydroxyl groups is 1. The summed E-state index contributed by atoms with van der Waals surface area (Å²) in [6.45, 7) is 0. The third-order valence-electron chi connectivity index (χ3n) is 5.18. The molecule has 1 N–H and O–H groups in total. The van der Waals surface area contributed by atoms with Crippen LogP contribution in [0.4, 0.5) is 14.5 Å². The number of carbonyl (C=O) groups is 2. The number of rotatable bonds is 4. The maximum absolute atomic E-state index is 14.8. The van der Waals surface area contributed by atoms with Gasteiger partial charge in [-0.25, -0.2) is 8.78 Å². The zero-order valence-electron chi connectivity index (χ0n) is 16.7. The average Bonchev–Trinajstić information content (AvgIpc) is 3.05. The summed E-state index contributed by atoms with van der Waals surface area (Å²) in [4.78, 5) is 27.1. The second kappa shape index (κ2) is 8.43. The second-order valence-corrected chi connectivity index (χ2v) is 7.42. The number of nitrogens with zero attached hydrogens (tertiary/aromatic N) is 1. The monoisotopic (exact) mass is 455 g/mol. The molecule has 1 heterocycles. The fourth-order valence-electron chi connectivity index (χ4n) is 3.65. The van der Waals surface area contributed by atoms with Gasteiger partial charge in [-0.15, -0.1) is 0 Å². The van der Waals surface area contributed by atoms with Crippen molar-refractivity contribution in [2.75, 3.05) is 12.0 Å². The number of aliphatic hydroxyl groups excluding tert-OH is 1. The molecule has 5 nitrogen and oxygen atoms in total. The van der Waals surface area contributed by atoms with Gasteiger partial charge in [-0.3, -0.25) is 14.5 Å². The van der Waals surface area contributed by atoms with Crippen molar-refractivity contribution in [2.45, 2.75) is 6.04 Å². The quantitative estimate of drug-likeness (QED) is 0.331. The Morgan fingerprint density at radius 3 is 2.38 bits per heavy atom. The number of hydrogen-bond acceptors (Lipinski definition) is 4. The number of amides is 1. The smallest absolute Gasteiger partial charge is 0.300 e. The summed E-state index contributed by atoms with van der Waals surface area (Å²) in [5.41, 5.74) is -0.154. The van der Waals surface area contributed by atoms with E-state index in [1.807, 2.05) is 0 Å². The molecule has 1 aliphatic rings. The first kappa shape index (κ1) is 21.5. The highest BCUT2D eigenvalue weighted by atomic mass is 35.5. The van der Waals surface area contributed by atoms with E-state index in [0.717, 1.165) is 17.0 Å². The lowest BCUT2D eigenvalue weighted by atomic mass is 9.94. The molecule has 0 saturated carbocycles. The summed E-state index contributed by atoms with van der Waals surface area (Å²) in [5, 5.41) is 11.2. The number of halogens is 3. The van der Waals surface area contributed by atoms with Crippen LogP contribution in [0.25, 0.3) is 5.76 Å². The number of methoxy groups -OCH3 is 1. The Kier molecular flexibility index (Phi) is 5.67. The number of hydrogen-bond donors (Lipinski definition) is 1. The number of ether oxygens (including phenoxy) is 1. The van der Waals surface area contributed by atoms with Crippen molar-refractivity contribution >= 4 is 34.7 Å². The van der Waals surface area contributed by atoms with E-state index in [1.54, 1.807) is 12.1 Å². The van der Waals surface area contributed by atoms with Crippen LogP contribution in [0.2, 0.25) is 5.02 Å². The molecule has 3 aromatic carbocycles. The lowest BCUT2D eigenvalue weighted by Crippen LogP contribution is -2.29. The predicted octanol–water partition coefficient (Wildman–Crippen LogP) is 5.25. The van der Waals surface area contributed by atoms with Crippen molar-refractivity contribution in [3.8, 4) is 5.75 Å². The van der Waals surface area contributed by atoms with Crippen LogP contribution in [0.15, 0.2) is 72.3 Å². The number of ketones is 1. The fourth-order valence-corrected chi connectivity index (χ4v) is 3.86. The van der Waals surface area contributed by atoms with E-state index in [4.69, 9.17) is 16.3 Å². The highest BCUT2D eigenvalue weighted by Gasteiger charge is 2.48. The van der Waals surface area contributed by atoms with Gasteiger partial charge in [0.1, 0.15) is 23.1 Å². The maximum atomic E-state index is 14.8. The molecule has 3 aromatic rings. The van der Waals surface area contributed by atoms with Gasteiger partial charge in [-0.1, -0.05) is 29.8 Å². The molecule has 4 rings (SSSR count). The van der Waals surface area contributed by atoms with Crippen LogP contribution in [-0.4, -0.2) is 23.9 Å². The molecule has 1 amide bonds. The van der Waals surface area contributed by atoms with E-state index in [-0.39, 0.29) is 27.4 Å². The Morgan fingerprint density at radius 1 is 1.03 bits per heavy atom. The van der Waals surface area contributed by atoms with E-state index in [2.05, 4.69) is 0 Å². The fraction of sp³-hybridized carbons (Fsp3) is 0.0833. The summed E-state index contributed by atoms with van der Waals surface area (Å²) in [6.07, 6.45) is 0. The molecule has 0 bridgehead atoms. The second-order valence-electron chi connectivity index (χ2n) is 7.01. The minimum Gasteiger partial charge on any atom is -0.507 e. The molecule has 1 saturated heterocycles.